The van der Waals surface area contributed by atoms with Crippen molar-refractivity contribution in [1.29, 1.82) is 0 Å². The van der Waals surface area contributed by atoms with E-state index in [1.54, 1.807) is 20.9 Å². The average Bonchev–Trinajstić information content (AvgIpc) is 3.04. The Morgan fingerprint density at radius 1 is 1.17 bits per heavy atom. The molecule has 2 aliphatic rings. The molecule has 2 aromatic rings. The van der Waals surface area contributed by atoms with Gasteiger partial charge in [-0.05, 0) is 25.5 Å². The quantitative estimate of drug-likeness (QED) is 0.629. The van der Waals surface area contributed by atoms with Crippen molar-refractivity contribution in [3.8, 4) is 5.88 Å². The van der Waals surface area contributed by atoms with Gasteiger partial charge in [-0.25, -0.2) is 4.68 Å². The molecule has 0 bridgehead atoms. The Balaban J connectivity index is 1.71. The van der Waals surface area contributed by atoms with Crippen molar-refractivity contribution in [2.75, 3.05) is 4.90 Å². The van der Waals surface area contributed by atoms with E-state index in [0.717, 1.165) is 16.9 Å². The van der Waals surface area contributed by atoms with Crippen LogP contribution in [-0.4, -0.2) is 48.6 Å². The monoisotopic (exact) mass is 399 g/mol. The predicted molar refractivity (Wildman–Crippen MR) is 110 cm³/mol. The van der Waals surface area contributed by atoms with E-state index in [2.05, 4.69) is 18.9 Å². The van der Waals surface area contributed by atoms with Crippen molar-refractivity contribution in [1.82, 2.24) is 9.78 Å². The zero-order valence-electron chi connectivity index (χ0n) is 17.4. The lowest BCUT2D eigenvalue weighted by Crippen LogP contribution is -2.53. The zero-order valence-corrected chi connectivity index (χ0v) is 17.4. The summed E-state index contributed by atoms with van der Waals surface area (Å²) in [5.41, 5.74) is 3.57. The molecule has 4 N–H and O–H groups in total. The Morgan fingerprint density at radius 3 is 2.34 bits per heavy atom. The van der Waals surface area contributed by atoms with Gasteiger partial charge in [-0.3, -0.25) is 0 Å². The number of aryl methyl sites for hydroxylation is 2. The smallest absolute Gasteiger partial charge is 0.213 e. The minimum atomic E-state index is -0.860. The SMILES string of the molecule is Cc1nn(C)c(O)c1C1C(O)C(/C=C2/N(C(C)O)c3ccccc3C2(C)C)C1O. The molecule has 0 amide bonds. The van der Waals surface area contributed by atoms with E-state index in [1.807, 2.05) is 35.2 Å². The second kappa shape index (κ2) is 6.58. The first-order chi connectivity index (χ1) is 13.6. The van der Waals surface area contributed by atoms with Crippen LogP contribution in [0.4, 0.5) is 5.69 Å². The van der Waals surface area contributed by atoms with Crippen LogP contribution in [0.1, 0.15) is 43.5 Å². The summed E-state index contributed by atoms with van der Waals surface area (Å²) in [6.45, 7) is 7.61. The van der Waals surface area contributed by atoms with Crippen molar-refractivity contribution < 1.29 is 20.4 Å². The summed E-state index contributed by atoms with van der Waals surface area (Å²) < 4.78 is 1.35. The van der Waals surface area contributed by atoms with E-state index >= 15 is 0 Å². The molecular weight excluding hydrogens is 370 g/mol. The number of benzene rings is 1. The Kier molecular flexibility index (Phi) is 4.53. The van der Waals surface area contributed by atoms with Gasteiger partial charge in [-0.15, -0.1) is 0 Å². The molecule has 1 aromatic heterocycles. The predicted octanol–water partition coefficient (Wildman–Crippen LogP) is 1.89. The van der Waals surface area contributed by atoms with Crippen LogP contribution in [0, 0.1) is 12.8 Å². The number of anilines is 1. The summed E-state index contributed by atoms with van der Waals surface area (Å²) in [5, 5.41) is 46.7. The largest absolute Gasteiger partial charge is 0.493 e. The number of aromatic hydroxyl groups is 1. The number of aromatic nitrogens is 2. The fourth-order valence-electron chi connectivity index (χ4n) is 4.98. The van der Waals surface area contributed by atoms with E-state index < -0.39 is 30.3 Å². The maximum atomic E-state index is 10.9. The number of nitrogens with zero attached hydrogens (tertiary/aromatic N) is 3. The number of aliphatic hydroxyl groups is 3. The molecule has 156 valence electrons. The highest BCUT2D eigenvalue weighted by Crippen LogP contribution is 2.52. The van der Waals surface area contributed by atoms with Crippen LogP contribution < -0.4 is 4.90 Å². The molecule has 3 unspecified atom stereocenters. The Labute approximate surface area is 170 Å². The molecule has 3 atom stereocenters. The van der Waals surface area contributed by atoms with Crippen LogP contribution in [0.3, 0.4) is 0 Å². The molecule has 4 rings (SSSR count). The first-order valence-electron chi connectivity index (χ1n) is 9.95. The van der Waals surface area contributed by atoms with Crippen molar-refractivity contribution in [3.63, 3.8) is 0 Å². The van der Waals surface area contributed by atoms with Crippen molar-refractivity contribution in [3.05, 3.63) is 52.9 Å². The van der Waals surface area contributed by atoms with Crippen molar-refractivity contribution in [2.24, 2.45) is 13.0 Å². The summed E-state index contributed by atoms with van der Waals surface area (Å²) in [7, 11) is 1.63. The fourth-order valence-corrected chi connectivity index (χ4v) is 4.98. The van der Waals surface area contributed by atoms with Gasteiger partial charge in [0.05, 0.1) is 17.9 Å². The number of allylic oxidation sites excluding steroid dienone is 1. The lowest BCUT2D eigenvalue weighted by molar-refractivity contribution is -0.0956. The van der Waals surface area contributed by atoms with E-state index in [-0.39, 0.29) is 11.3 Å². The van der Waals surface area contributed by atoms with E-state index in [0.29, 0.717) is 11.3 Å². The minimum Gasteiger partial charge on any atom is -0.493 e. The van der Waals surface area contributed by atoms with Gasteiger partial charge in [0.2, 0.25) is 5.88 Å². The number of hydrogen-bond acceptors (Lipinski definition) is 6. The molecule has 29 heavy (non-hydrogen) atoms. The van der Waals surface area contributed by atoms with Crippen molar-refractivity contribution in [2.45, 2.75) is 57.5 Å². The molecule has 7 nitrogen and oxygen atoms in total. The normalized spacial score (nSPS) is 30.3. The Hall–Kier alpha value is -2.35. The molecule has 1 aliphatic carbocycles. The maximum Gasteiger partial charge on any atom is 0.213 e. The molecule has 0 saturated heterocycles. The second-order valence-electron chi connectivity index (χ2n) is 8.73. The minimum absolute atomic E-state index is 0.0316. The topological polar surface area (TPSA) is 102 Å². The summed E-state index contributed by atoms with van der Waals surface area (Å²) in [6, 6.07) is 7.92. The van der Waals surface area contributed by atoms with Gasteiger partial charge in [0.15, 0.2) is 0 Å². The summed E-state index contributed by atoms with van der Waals surface area (Å²) in [4.78, 5) is 1.86. The van der Waals surface area contributed by atoms with Crippen LogP contribution >= 0.6 is 0 Å². The van der Waals surface area contributed by atoms with Crippen LogP contribution in [-0.2, 0) is 12.5 Å². The van der Waals surface area contributed by atoms with Crippen LogP contribution in [0.2, 0.25) is 0 Å². The third-order valence-corrected chi connectivity index (χ3v) is 6.56. The van der Waals surface area contributed by atoms with Gasteiger partial charge in [-0.2, -0.15) is 5.10 Å². The summed E-state index contributed by atoms with van der Waals surface area (Å²) in [6.07, 6.45) is -0.594. The highest BCUT2D eigenvalue weighted by atomic mass is 16.3. The average molecular weight is 399 g/mol. The lowest BCUT2D eigenvalue weighted by Gasteiger charge is -2.46. The van der Waals surface area contributed by atoms with E-state index in [1.165, 1.54) is 4.68 Å². The third-order valence-electron chi connectivity index (χ3n) is 6.56. The third kappa shape index (κ3) is 2.72. The summed E-state index contributed by atoms with van der Waals surface area (Å²) in [5.74, 6) is -1.14. The molecule has 1 fully saturated rings. The zero-order chi connectivity index (χ0) is 21.2. The highest BCUT2D eigenvalue weighted by Gasteiger charge is 2.52. The standard InChI is InChI=1S/C22H29N3O4/c1-11-17(21(29)24(5)23-11)18-19(27)13(20(18)28)10-16-22(3,4)14-8-6-7-9-15(14)25(16)12(2)26/h6-10,12-13,18-20,26-29H,1-5H3/b16-10+. The number of aliphatic hydroxyl groups excluding tert-OH is 3. The van der Waals surface area contributed by atoms with Gasteiger partial charge in [0, 0.05) is 41.2 Å². The van der Waals surface area contributed by atoms with Gasteiger partial charge in [-0.1, -0.05) is 38.1 Å². The second-order valence-corrected chi connectivity index (χ2v) is 8.73. The van der Waals surface area contributed by atoms with Gasteiger partial charge >= 0.3 is 0 Å². The lowest BCUT2D eigenvalue weighted by atomic mass is 9.64. The number of fused-ring (bicyclic) bond motifs is 1. The molecule has 1 aliphatic heterocycles. The van der Waals surface area contributed by atoms with E-state index in [4.69, 9.17) is 0 Å². The van der Waals surface area contributed by atoms with Gasteiger partial charge in [0.25, 0.3) is 0 Å². The molecule has 7 heteroatoms. The maximum absolute atomic E-state index is 10.9. The summed E-state index contributed by atoms with van der Waals surface area (Å²) >= 11 is 0. The number of rotatable bonds is 3. The fraction of sp³-hybridized carbons (Fsp3) is 0.500. The first kappa shape index (κ1) is 19.9. The van der Waals surface area contributed by atoms with Crippen LogP contribution in [0.25, 0.3) is 0 Å². The molecule has 1 aromatic carbocycles. The number of hydrogen-bond donors (Lipinski definition) is 4. The van der Waals surface area contributed by atoms with E-state index in [9.17, 15) is 20.4 Å². The molecule has 1 saturated carbocycles. The molecular formula is C22H29N3O4. The Morgan fingerprint density at radius 2 is 1.79 bits per heavy atom. The molecule has 2 heterocycles. The first-order valence-corrected chi connectivity index (χ1v) is 9.95. The van der Waals surface area contributed by atoms with Crippen LogP contribution in [0.5, 0.6) is 5.88 Å². The van der Waals surface area contributed by atoms with Crippen LogP contribution in [0.15, 0.2) is 36.0 Å². The van der Waals surface area contributed by atoms with Gasteiger partial charge < -0.3 is 25.3 Å². The highest BCUT2D eigenvalue weighted by molar-refractivity contribution is 5.70. The molecule has 0 radical (unpaired) electrons. The van der Waals surface area contributed by atoms with Gasteiger partial charge in [0.1, 0.15) is 6.23 Å². The van der Waals surface area contributed by atoms with Crippen molar-refractivity contribution >= 4 is 5.69 Å². The molecule has 0 spiro atoms. The number of para-hydroxylation sites is 1. The Bertz CT molecular complexity index is 968.